The van der Waals surface area contributed by atoms with Gasteiger partial charge in [-0.15, -0.1) is 0 Å². The first-order chi connectivity index (χ1) is 10.1. The summed E-state index contributed by atoms with van der Waals surface area (Å²) in [6, 6.07) is 6.02. The highest BCUT2D eigenvalue weighted by molar-refractivity contribution is 5.95. The summed E-state index contributed by atoms with van der Waals surface area (Å²) in [5.41, 5.74) is 2.02. The fraction of sp³-hybridized carbons (Fsp3) is 0.333. The van der Waals surface area contributed by atoms with Crippen LogP contribution in [0.4, 0.5) is 4.39 Å². The molecular formula is C15H17FN4O. The van der Waals surface area contributed by atoms with Crippen molar-refractivity contribution < 1.29 is 9.18 Å². The van der Waals surface area contributed by atoms with Crippen LogP contribution in [0.3, 0.4) is 0 Å². The van der Waals surface area contributed by atoms with Crippen LogP contribution in [0.25, 0.3) is 5.69 Å². The molecule has 110 valence electrons. The lowest BCUT2D eigenvalue weighted by Crippen LogP contribution is -2.48. The van der Waals surface area contributed by atoms with Crippen molar-refractivity contribution in [1.82, 2.24) is 20.4 Å². The van der Waals surface area contributed by atoms with Gasteiger partial charge < -0.3 is 10.6 Å². The minimum Gasteiger partial charge on any atom is -0.352 e. The van der Waals surface area contributed by atoms with Gasteiger partial charge >= 0.3 is 0 Å². The SMILES string of the molecule is Cc1c(C(=O)NCC2CNC2)cnn1-c1ccc(F)cc1. The molecule has 2 N–H and O–H groups in total. The molecule has 0 bridgehead atoms. The summed E-state index contributed by atoms with van der Waals surface area (Å²) in [7, 11) is 0. The molecule has 21 heavy (non-hydrogen) atoms. The van der Waals surface area contributed by atoms with Gasteiger partial charge in [-0.2, -0.15) is 5.10 Å². The number of nitrogens with one attached hydrogen (secondary N) is 2. The largest absolute Gasteiger partial charge is 0.352 e. The van der Waals surface area contributed by atoms with E-state index in [-0.39, 0.29) is 11.7 Å². The molecule has 1 aliphatic rings. The van der Waals surface area contributed by atoms with E-state index >= 15 is 0 Å². The van der Waals surface area contributed by atoms with Gasteiger partial charge in [0.25, 0.3) is 5.91 Å². The summed E-state index contributed by atoms with van der Waals surface area (Å²) in [5.74, 6) is 0.102. The van der Waals surface area contributed by atoms with Crippen LogP contribution in [-0.4, -0.2) is 35.3 Å². The molecular weight excluding hydrogens is 271 g/mol. The lowest BCUT2D eigenvalue weighted by molar-refractivity contribution is 0.0941. The average molecular weight is 288 g/mol. The van der Waals surface area contributed by atoms with Crippen LogP contribution in [-0.2, 0) is 0 Å². The third-order valence-corrected chi connectivity index (χ3v) is 3.74. The first-order valence-electron chi connectivity index (χ1n) is 6.94. The molecule has 0 unspecified atom stereocenters. The van der Waals surface area contributed by atoms with E-state index in [1.807, 2.05) is 6.92 Å². The fourth-order valence-electron chi connectivity index (χ4n) is 2.30. The second-order valence-electron chi connectivity index (χ2n) is 5.27. The maximum absolute atomic E-state index is 13.0. The van der Waals surface area contributed by atoms with Crippen LogP contribution in [0.1, 0.15) is 16.1 Å². The van der Waals surface area contributed by atoms with Crippen LogP contribution in [0.15, 0.2) is 30.5 Å². The summed E-state index contributed by atoms with van der Waals surface area (Å²) < 4.78 is 14.6. The Labute approximate surface area is 122 Å². The molecule has 2 heterocycles. The minimum absolute atomic E-state index is 0.118. The van der Waals surface area contributed by atoms with Gasteiger partial charge in [-0.1, -0.05) is 0 Å². The highest BCUT2D eigenvalue weighted by Gasteiger charge is 2.19. The molecule has 0 saturated carbocycles. The van der Waals surface area contributed by atoms with Crippen molar-refractivity contribution >= 4 is 5.91 Å². The number of hydrogen-bond acceptors (Lipinski definition) is 3. The van der Waals surface area contributed by atoms with Gasteiger partial charge in [0.05, 0.1) is 23.1 Å². The van der Waals surface area contributed by atoms with Crippen molar-refractivity contribution in [2.24, 2.45) is 5.92 Å². The highest BCUT2D eigenvalue weighted by Crippen LogP contribution is 2.15. The fourth-order valence-corrected chi connectivity index (χ4v) is 2.30. The smallest absolute Gasteiger partial charge is 0.254 e. The Kier molecular flexibility index (Phi) is 3.70. The standard InChI is InChI=1S/C15H17FN4O/c1-10-14(15(21)18-8-11-6-17-7-11)9-19-20(10)13-4-2-12(16)3-5-13/h2-5,9,11,17H,6-8H2,1H3,(H,18,21). The lowest BCUT2D eigenvalue weighted by atomic mass is 10.0. The first-order valence-corrected chi connectivity index (χ1v) is 6.94. The van der Waals surface area contributed by atoms with Crippen molar-refractivity contribution in [2.45, 2.75) is 6.92 Å². The highest BCUT2D eigenvalue weighted by atomic mass is 19.1. The molecule has 5 nitrogen and oxygen atoms in total. The number of hydrogen-bond donors (Lipinski definition) is 2. The zero-order valence-electron chi connectivity index (χ0n) is 11.8. The summed E-state index contributed by atoms with van der Waals surface area (Å²) in [5, 5.41) is 10.3. The predicted octanol–water partition coefficient (Wildman–Crippen LogP) is 1.27. The number of amides is 1. The summed E-state index contributed by atoms with van der Waals surface area (Å²) >= 11 is 0. The van der Waals surface area contributed by atoms with E-state index in [0.29, 0.717) is 18.0 Å². The second-order valence-corrected chi connectivity index (χ2v) is 5.27. The maximum Gasteiger partial charge on any atom is 0.254 e. The van der Waals surface area contributed by atoms with E-state index in [0.717, 1.165) is 24.5 Å². The normalized spacial score (nSPS) is 14.8. The number of nitrogens with zero attached hydrogens (tertiary/aromatic N) is 2. The molecule has 1 fully saturated rings. The van der Waals surface area contributed by atoms with Gasteiger partial charge in [0.2, 0.25) is 0 Å². The Bertz CT molecular complexity index is 646. The number of rotatable bonds is 4. The Morgan fingerprint density at radius 3 is 2.76 bits per heavy atom. The number of benzene rings is 1. The lowest BCUT2D eigenvalue weighted by Gasteiger charge is -2.27. The van der Waals surface area contributed by atoms with Crippen molar-refractivity contribution in [2.75, 3.05) is 19.6 Å². The van der Waals surface area contributed by atoms with Crippen LogP contribution < -0.4 is 10.6 Å². The Morgan fingerprint density at radius 2 is 2.14 bits per heavy atom. The van der Waals surface area contributed by atoms with Crippen molar-refractivity contribution in [3.63, 3.8) is 0 Å². The van der Waals surface area contributed by atoms with Crippen molar-refractivity contribution in [3.8, 4) is 5.69 Å². The monoisotopic (exact) mass is 288 g/mol. The van der Waals surface area contributed by atoms with Crippen LogP contribution in [0.2, 0.25) is 0 Å². The maximum atomic E-state index is 13.0. The first kappa shape index (κ1) is 13.8. The molecule has 1 amide bonds. The molecule has 6 heteroatoms. The van der Waals surface area contributed by atoms with Crippen LogP contribution in [0.5, 0.6) is 0 Å². The van der Waals surface area contributed by atoms with E-state index in [4.69, 9.17) is 0 Å². The second kappa shape index (κ2) is 5.65. The molecule has 0 radical (unpaired) electrons. The Hall–Kier alpha value is -2.21. The number of aromatic nitrogens is 2. The molecule has 0 spiro atoms. The van der Waals surface area contributed by atoms with Gasteiger partial charge in [-0.3, -0.25) is 4.79 Å². The van der Waals surface area contributed by atoms with Gasteiger partial charge in [-0.25, -0.2) is 9.07 Å². The van der Waals surface area contributed by atoms with Gasteiger partial charge in [0.1, 0.15) is 5.82 Å². The molecule has 3 rings (SSSR count). The zero-order chi connectivity index (χ0) is 14.8. The topological polar surface area (TPSA) is 59.0 Å². The van der Waals surface area contributed by atoms with E-state index < -0.39 is 0 Å². The van der Waals surface area contributed by atoms with Crippen molar-refractivity contribution in [1.29, 1.82) is 0 Å². The number of carbonyl (C=O) groups excluding carboxylic acids is 1. The van der Waals surface area contributed by atoms with E-state index in [2.05, 4.69) is 15.7 Å². The van der Waals surface area contributed by atoms with Gasteiger partial charge in [0.15, 0.2) is 0 Å². The quantitative estimate of drug-likeness (QED) is 0.890. The van der Waals surface area contributed by atoms with E-state index in [1.54, 1.807) is 23.0 Å². The molecule has 0 atom stereocenters. The Morgan fingerprint density at radius 1 is 1.43 bits per heavy atom. The Balaban J connectivity index is 1.74. The van der Waals surface area contributed by atoms with Gasteiger partial charge in [-0.05, 0) is 31.2 Å². The third kappa shape index (κ3) is 2.80. The summed E-state index contributed by atoms with van der Waals surface area (Å²) in [6.45, 7) is 4.41. The van der Waals surface area contributed by atoms with Crippen molar-refractivity contribution in [3.05, 3.63) is 47.5 Å². The number of halogens is 1. The molecule has 2 aromatic rings. The molecule has 0 aliphatic carbocycles. The molecule has 1 aromatic carbocycles. The van der Waals surface area contributed by atoms with Crippen LogP contribution >= 0.6 is 0 Å². The molecule has 1 saturated heterocycles. The predicted molar refractivity (Wildman–Crippen MR) is 77.0 cm³/mol. The van der Waals surface area contributed by atoms with E-state index in [9.17, 15) is 9.18 Å². The average Bonchev–Trinajstić information content (AvgIpc) is 2.80. The third-order valence-electron chi connectivity index (χ3n) is 3.74. The summed E-state index contributed by atoms with van der Waals surface area (Å²) in [6.07, 6.45) is 1.55. The van der Waals surface area contributed by atoms with E-state index in [1.165, 1.54) is 12.1 Å². The molecule has 1 aromatic heterocycles. The number of carbonyl (C=O) groups is 1. The summed E-state index contributed by atoms with van der Waals surface area (Å²) in [4.78, 5) is 12.2. The minimum atomic E-state index is -0.296. The van der Waals surface area contributed by atoms with Crippen LogP contribution in [0, 0.1) is 18.7 Å². The van der Waals surface area contributed by atoms with Gasteiger partial charge in [0, 0.05) is 25.6 Å². The zero-order valence-corrected chi connectivity index (χ0v) is 11.8. The molecule has 1 aliphatic heterocycles.